The zero-order valence-electron chi connectivity index (χ0n) is 10.9. The maximum atomic E-state index is 13.0. The molecule has 0 aliphatic heterocycles. The maximum Gasteiger partial charge on any atom is 0.338 e. The quantitative estimate of drug-likeness (QED) is 0.911. The van der Waals surface area contributed by atoms with Gasteiger partial charge in [0.2, 0.25) is 5.91 Å². The van der Waals surface area contributed by atoms with Crippen LogP contribution >= 0.6 is 11.3 Å². The van der Waals surface area contributed by atoms with Gasteiger partial charge in [0.15, 0.2) is 0 Å². The van der Waals surface area contributed by atoms with Crippen LogP contribution in [0.2, 0.25) is 0 Å². The van der Waals surface area contributed by atoms with Gasteiger partial charge in [-0.15, -0.1) is 11.3 Å². The number of carbonyl (C=O) groups excluding carboxylic acids is 1. The molecule has 1 aromatic heterocycles. The van der Waals surface area contributed by atoms with Crippen LogP contribution in [0.5, 0.6) is 0 Å². The molecule has 1 heterocycles. The fourth-order valence-corrected chi connectivity index (χ4v) is 3.11. The Kier molecular flexibility index (Phi) is 3.25. The number of thiophene rings is 1. The fraction of sp³-hybridized carbons (Fsp3) is 0.200. The zero-order chi connectivity index (χ0) is 15.0. The molecule has 1 saturated carbocycles. The highest BCUT2D eigenvalue weighted by Crippen LogP contribution is 2.49. The molecule has 0 atom stereocenters. The Balaban J connectivity index is 1.83. The molecule has 6 heteroatoms. The first-order valence-corrected chi connectivity index (χ1v) is 7.29. The Morgan fingerprint density at radius 3 is 2.43 bits per heavy atom. The van der Waals surface area contributed by atoms with Gasteiger partial charge in [0.25, 0.3) is 0 Å². The van der Waals surface area contributed by atoms with E-state index in [0.717, 1.165) is 5.56 Å². The SMILES string of the molecule is O=C(O)c1ccsc1NC(=O)C1(c2ccc(F)cc2)CC1. The van der Waals surface area contributed by atoms with Gasteiger partial charge in [-0.3, -0.25) is 4.79 Å². The fourth-order valence-electron chi connectivity index (χ4n) is 2.34. The lowest BCUT2D eigenvalue weighted by atomic mass is 9.95. The minimum Gasteiger partial charge on any atom is -0.478 e. The highest BCUT2D eigenvalue weighted by molar-refractivity contribution is 7.14. The standard InChI is InChI=1S/C15H12FNO3S/c16-10-3-1-9(2-4-10)15(6-7-15)14(20)17-12-11(13(18)19)5-8-21-12/h1-5,8H,6-7H2,(H,17,20)(H,18,19). The lowest BCUT2D eigenvalue weighted by molar-refractivity contribution is -0.118. The number of rotatable bonds is 4. The summed E-state index contributed by atoms with van der Waals surface area (Å²) in [4.78, 5) is 23.5. The van der Waals surface area contributed by atoms with Gasteiger partial charge in [0, 0.05) is 0 Å². The van der Waals surface area contributed by atoms with Crippen molar-refractivity contribution < 1.29 is 19.1 Å². The zero-order valence-corrected chi connectivity index (χ0v) is 11.7. The van der Waals surface area contributed by atoms with Crippen molar-refractivity contribution >= 4 is 28.2 Å². The number of halogens is 1. The summed E-state index contributed by atoms with van der Waals surface area (Å²) in [5, 5.41) is 13.7. The van der Waals surface area contributed by atoms with E-state index in [-0.39, 0.29) is 17.3 Å². The third-order valence-corrected chi connectivity index (χ3v) is 4.53. The van der Waals surface area contributed by atoms with Gasteiger partial charge in [-0.25, -0.2) is 9.18 Å². The van der Waals surface area contributed by atoms with E-state index in [1.54, 1.807) is 17.5 Å². The van der Waals surface area contributed by atoms with Crippen molar-refractivity contribution in [3.63, 3.8) is 0 Å². The third-order valence-electron chi connectivity index (χ3n) is 3.70. The Morgan fingerprint density at radius 1 is 1.19 bits per heavy atom. The molecule has 3 rings (SSSR count). The molecule has 4 nitrogen and oxygen atoms in total. The largest absolute Gasteiger partial charge is 0.478 e. The van der Waals surface area contributed by atoms with E-state index >= 15 is 0 Å². The second kappa shape index (κ2) is 4.96. The molecule has 0 radical (unpaired) electrons. The van der Waals surface area contributed by atoms with Crippen molar-refractivity contribution in [2.45, 2.75) is 18.3 Å². The van der Waals surface area contributed by atoms with Crippen LogP contribution in [-0.2, 0) is 10.2 Å². The molecule has 1 fully saturated rings. The minimum absolute atomic E-state index is 0.0863. The molecular weight excluding hydrogens is 293 g/mol. The lowest BCUT2D eigenvalue weighted by Crippen LogP contribution is -2.28. The van der Waals surface area contributed by atoms with E-state index < -0.39 is 11.4 Å². The molecule has 0 spiro atoms. The summed E-state index contributed by atoms with van der Waals surface area (Å²) < 4.78 is 13.0. The summed E-state index contributed by atoms with van der Waals surface area (Å²) in [6.45, 7) is 0. The van der Waals surface area contributed by atoms with Crippen LogP contribution in [0.1, 0.15) is 28.8 Å². The van der Waals surface area contributed by atoms with Crippen LogP contribution in [0.3, 0.4) is 0 Å². The van der Waals surface area contributed by atoms with E-state index in [4.69, 9.17) is 5.11 Å². The van der Waals surface area contributed by atoms with Crippen LogP contribution in [0.4, 0.5) is 9.39 Å². The average molecular weight is 305 g/mol. The third kappa shape index (κ3) is 2.42. The van der Waals surface area contributed by atoms with Gasteiger partial charge in [-0.1, -0.05) is 12.1 Å². The molecule has 21 heavy (non-hydrogen) atoms. The van der Waals surface area contributed by atoms with Gasteiger partial charge >= 0.3 is 5.97 Å². The van der Waals surface area contributed by atoms with E-state index in [9.17, 15) is 14.0 Å². The normalized spacial score (nSPS) is 15.5. The van der Waals surface area contributed by atoms with Crippen molar-refractivity contribution in [1.82, 2.24) is 0 Å². The lowest BCUT2D eigenvalue weighted by Gasteiger charge is -2.15. The summed E-state index contributed by atoms with van der Waals surface area (Å²) in [6.07, 6.45) is 1.36. The number of hydrogen-bond acceptors (Lipinski definition) is 3. The van der Waals surface area contributed by atoms with Crippen molar-refractivity contribution in [2.24, 2.45) is 0 Å². The first-order valence-electron chi connectivity index (χ1n) is 6.41. The monoisotopic (exact) mass is 305 g/mol. The minimum atomic E-state index is -1.07. The summed E-state index contributed by atoms with van der Waals surface area (Å²) in [5.74, 6) is -1.65. The number of hydrogen-bond donors (Lipinski definition) is 2. The Bertz CT molecular complexity index is 704. The van der Waals surface area contributed by atoms with Gasteiger partial charge < -0.3 is 10.4 Å². The van der Waals surface area contributed by atoms with E-state index in [0.29, 0.717) is 17.8 Å². The smallest absolute Gasteiger partial charge is 0.338 e. The molecule has 2 aromatic rings. The molecule has 1 aromatic carbocycles. The number of carboxylic acids is 1. The predicted molar refractivity (Wildman–Crippen MR) is 77.2 cm³/mol. The molecule has 2 N–H and O–H groups in total. The molecular formula is C15H12FNO3S. The van der Waals surface area contributed by atoms with Gasteiger partial charge in [0.1, 0.15) is 10.8 Å². The summed E-state index contributed by atoms with van der Waals surface area (Å²) in [5.41, 5.74) is 0.186. The Labute approximate surface area is 124 Å². The van der Waals surface area contributed by atoms with Crippen molar-refractivity contribution in [1.29, 1.82) is 0 Å². The van der Waals surface area contributed by atoms with Crippen LogP contribution in [0.25, 0.3) is 0 Å². The predicted octanol–water partition coefficient (Wildman–Crippen LogP) is 3.26. The van der Waals surface area contributed by atoms with Gasteiger partial charge in [-0.2, -0.15) is 0 Å². The first-order chi connectivity index (χ1) is 10.0. The molecule has 1 aliphatic rings. The molecule has 0 unspecified atom stereocenters. The molecule has 1 aliphatic carbocycles. The van der Waals surface area contributed by atoms with E-state index in [2.05, 4.69) is 5.32 Å². The van der Waals surface area contributed by atoms with Crippen molar-refractivity contribution in [3.05, 3.63) is 52.7 Å². The Morgan fingerprint density at radius 2 is 1.86 bits per heavy atom. The molecule has 0 bridgehead atoms. The number of nitrogens with one attached hydrogen (secondary N) is 1. The first kappa shape index (κ1) is 13.8. The number of anilines is 1. The number of benzene rings is 1. The number of carbonyl (C=O) groups is 2. The van der Waals surface area contributed by atoms with Crippen LogP contribution < -0.4 is 5.32 Å². The average Bonchev–Trinajstić information content (AvgIpc) is 3.13. The molecule has 1 amide bonds. The van der Waals surface area contributed by atoms with Crippen LogP contribution in [0, 0.1) is 5.82 Å². The van der Waals surface area contributed by atoms with Crippen LogP contribution in [-0.4, -0.2) is 17.0 Å². The van der Waals surface area contributed by atoms with Gasteiger partial charge in [-0.05, 0) is 42.0 Å². The second-order valence-corrected chi connectivity index (χ2v) is 5.93. The number of carboxylic acid groups (broad SMARTS) is 1. The van der Waals surface area contributed by atoms with Crippen molar-refractivity contribution in [2.75, 3.05) is 5.32 Å². The Hall–Kier alpha value is -2.21. The summed E-state index contributed by atoms with van der Waals surface area (Å²) in [6, 6.07) is 7.33. The topological polar surface area (TPSA) is 66.4 Å². The second-order valence-electron chi connectivity index (χ2n) is 5.01. The molecule has 108 valence electrons. The maximum absolute atomic E-state index is 13.0. The summed E-state index contributed by atoms with van der Waals surface area (Å²) >= 11 is 1.17. The van der Waals surface area contributed by atoms with E-state index in [1.165, 1.54) is 29.5 Å². The highest BCUT2D eigenvalue weighted by Gasteiger charge is 2.51. The van der Waals surface area contributed by atoms with E-state index in [1.807, 2.05) is 0 Å². The highest BCUT2D eigenvalue weighted by atomic mass is 32.1. The molecule has 0 saturated heterocycles. The number of amides is 1. The summed E-state index contributed by atoms with van der Waals surface area (Å²) in [7, 11) is 0. The van der Waals surface area contributed by atoms with Crippen molar-refractivity contribution in [3.8, 4) is 0 Å². The van der Waals surface area contributed by atoms with Gasteiger partial charge in [0.05, 0.1) is 11.0 Å². The van der Waals surface area contributed by atoms with Crippen LogP contribution in [0.15, 0.2) is 35.7 Å². The number of aromatic carboxylic acids is 1.